The molecule has 0 bridgehead atoms. The van der Waals surface area contributed by atoms with Crippen molar-refractivity contribution in [2.75, 3.05) is 11.4 Å². The molecule has 3 heteroatoms. The predicted octanol–water partition coefficient (Wildman–Crippen LogP) is 2.99. The minimum atomic E-state index is -0.183. The quantitative estimate of drug-likeness (QED) is 0.607. The molecule has 0 unspecified atom stereocenters. The number of rotatable bonds is 4. The third-order valence-corrected chi connectivity index (χ3v) is 2.38. The fourth-order valence-electron chi connectivity index (χ4n) is 1.27. The number of hydrogen-bond donors (Lipinski definition) is 0. The molecule has 0 fully saturated rings. The molecular weight excluding hydrogens is 254 g/mol. The van der Waals surface area contributed by atoms with Crippen LogP contribution >= 0.6 is 15.9 Å². The van der Waals surface area contributed by atoms with Crippen LogP contribution < -0.4 is 4.90 Å². The summed E-state index contributed by atoms with van der Waals surface area (Å²) in [5, 5.41) is 0. The monoisotopic (exact) mass is 267 g/mol. The molecule has 0 spiro atoms. The number of benzene rings is 1. The van der Waals surface area contributed by atoms with Crippen LogP contribution in [0.25, 0.3) is 0 Å². The van der Waals surface area contributed by atoms with Gasteiger partial charge in [0.25, 0.3) is 0 Å². The summed E-state index contributed by atoms with van der Waals surface area (Å²) in [4.78, 5) is 13.4. The van der Waals surface area contributed by atoms with Gasteiger partial charge in [0.15, 0.2) is 0 Å². The minimum Gasteiger partial charge on any atom is -0.308 e. The number of nitrogens with zero attached hydrogens (tertiary/aromatic N) is 1. The van der Waals surface area contributed by atoms with Crippen LogP contribution in [0.2, 0.25) is 0 Å². The molecule has 80 valence electrons. The first kappa shape index (κ1) is 12.0. The van der Waals surface area contributed by atoms with Crippen molar-refractivity contribution >= 4 is 27.5 Å². The highest BCUT2D eigenvalue weighted by Gasteiger charge is 2.18. The maximum Gasteiger partial charge on any atom is 0.240 e. The van der Waals surface area contributed by atoms with Gasteiger partial charge in [0.05, 0.1) is 4.83 Å². The SMILES string of the molecule is C=CCN(C(=O)[C@@H](C)Br)c1ccccc1. The van der Waals surface area contributed by atoms with E-state index in [1.54, 1.807) is 11.0 Å². The third kappa shape index (κ3) is 3.20. The van der Waals surface area contributed by atoms with Gasteiger partial charge in [-0.05, 0) is 19.1 Å². The molecule has 0 saturated heterocycles. The van der Waals surface area contributed by atoms with E-state index in [9.17, 15) is 4.79 Å². The van der Waals surface area contributed by atoms with Crippen molar-refractivity contribution in [1.82, 2.24) is 0 Å². The lowest BCUT2D eigenvalue weighted by atomic mass is 10.2. The van der Waals surface area contributed by atoms with E-state index >= 15 is 0 Å². The van der Waals surface area contributed by atoms with Crippen molar-refractivity contribution < 1.29 is 4.79 Å². The first-order valence-corrected chi connectivity index (χ1v) is 5.69. The second-order valence-electron chi connectivity index (χ2n) is 3.19. The highest BCUT2D eigenvalue weighted by molar-refractivity contribution is 9.10. The Balaban J connectivity index is 2.93. The van der Waals surface area contributed by atoms with E-state index in [-0.39, 0.29) is 10.7 Å². The number of hydrogen-bond acceptors (Lipinski definition) is 1. The molecule has 0 saturated carbocycles. The molecule has 1 amide bonds. The molecule has 2 nitrogen and oxygen atoms in total. The molecule has 1 atom stereocenters. The van der Waals surface area contributed by atoms with Gasteiger partial charge in [-0.3, -0.25) is 4.79 Å². The van der Waals surface area contributed by atoms with Crippen LogP contribution in [0.1, 0.15) is 6.92 Å². The Morgan fingerprint density at radius 3 is 2.60 bits per heavy atom. The molecule has 1 rings (SSSR count). The van der Waals surface area contributed by atoms with Crippen LogP contribution in [0.5, 0.6) is 0 Å². The molecule has 0 aromatic heterocycles. The van der Waals surface area contributed by atoms with E-state index < -0.39 is 0 Å². The van der Waals surface area contributed by atoms with Crippen molar-refractivity contribution in [2.24, 2.45) is 0 Å². The second-order valence-corrected chi connectivity index (χ2v) is 4.56. The fourth-order valence-corrected chi connectivity index (χ4v) is 1.52. The second kappa shape index (κ2) is 5.71. The molecule has 0 N–H and O–H groups in total. The molecule has 15 heavy (non-hydrogen) atoms. The van der Waals surface area contributed by atoms with Gasteiger partial charge in [-0.15, -0.1) is 6.58 Å². The average molecular weight is 268 g/mol. The van der Waals surface area contributed by atoms with Gasteiger partial charge in [-0.25, -0.2) is 0 Å². The highest BCUT2D eigenvalue weighted by atomic mass is 79.9. The Kier molecular flexibility index (Phi) is 4.56. The van der Waals surface area contributed by atoms with Crippen LogP contribution in [0.15, 0.2) is 43.0 Å². The Bertz CT molecular complexity index is 335. The first-order chi connectivity index (χ1) is 7.16. The molecule has 0 radical (unpaired) electrons. The maximum absolute atomic E-state index is 11.9. The fraction of sp³-hybridized carbons (Fsp3) is 0.250. The van der Waals surface area contributed by atoms with E-state index in [1.165, 1.54) is 0 Å². The van der Waals surface area contributed by atoms with E-state index in [4.69, 9.17) is 0 Å². The molecule has 1 aromatic rings. The summed E-state index contributed by atoms with van der Waals surface area (Å²) in [6, 6.07) is 9.58. The molecule has 0 heterocycles. The van der Waals surface area contributed by atoms with Gasteiger partial charge in [-0.2, -0.15) is 0 Å². The Morgan fingerprint density at radius 1 is 1.53 bits per heavy atom. The number of amides is 1. The molecule has 0 aliphatic heterocycles. The number of alkyl halides is 1. The molecule has 1 aromatic carbocycles. The standard InChI is InChI=1S/C12H14BrNO/c1-3-9-14(12(15)10(2)13)11-7-5-4-6-8-11/h3-8,10H,1,9H2,2H3/t10-/m1/s1. The van der Waals surface area contributed by atoms with E-state index in [0.717, 1.165) is 5.69 Å². The summed E-state index contributed by atoms with van der Waals surface area (Å²) < 4.78 is 0. The Morgan fingerprint density at radius 2 is 2.13 bits per heavy atom. The minimum absolute atomic E-state index is 0.0427. The maximum atomic E-state index is 11.9. The highest BCUT2D eigenvalue weighted by Crippen LogP contribution is 2.16. The lowest BCUT2D eigenvalue weighted by Gasteiger charge is -2.22. The lowest BCUT2D eigenvalue weighted by Crippen LogP contribution is -2.35. The van der Waals surface area contributed by atoms with Crippen LogP contribution in [0.4, 0.5) is 5.69 Å². The van der Waals surface area contributed by atoms with Gasteiger partial charge in [0, 0.05) is 12.2 Å². The van der Waals surface area contributed by atoms with Gasteiger partial charge >= 0.3 is 0 Å². The van der Waals surface area contributed by atoms with Crippen LogP contribution in [0, 0.1) is 0 Å². The average Bonchev–Trinajstić information content (AvgIpc) is 2.26. The van der Waals surface area contributed by atoms with Crippen molar-refractivity contribution in [3.05, 3.63) is 43.0 Å². The zero-order valence-electron chi connectivity index (χ0n) is 8.69. The summed E-state index contributed by atoms with van der Waals surface area (Å²) in [6.07, 6.45) is 1.72. The smallest absolute Gasteiger partial charge is 0.240 e. The van der Waals surface area contributed by atoms with Crippen LogP contribution in [-0.4, -0.2) is 17.3 Å². The van der Waals surface area contributed by atoms with E-state index in [1.807, 2.05) is 37.3 Å². The largest absolute Gasteiger partial charge is 0.308 e. The number of carbonyl (C=O) groups excluding carboxylic acids is 1. The van der Waals surface area contributed by atoms with Gasteiger partial charge in [-0.1, -0.05) is 40.2 Å². The zero-order valence-corrected chi connectivity index (χ0v) is 10.3. The molecule has 0 aliphatic carbocycles. The summed E-state index contributed by atoms with van der Waals surface area (Å²) in [6.45, 7) is 6.01. The van der Waals surface area contributed by atoms with Crippen molar-refractivity contribution in [3.8, 4) is 0 Å². The number of para-hydroxylation sites is 1. The van der Waals surface area contributed by atoms with Crippen molar-refractivity contribution in [3.63, 3.8) is 0 Å². The van der Waals surface area contributed by atoms with E-state index in [0.29, 0.717) is 6.54 Å². The van der Waals surface area contributed by atoms with E-state index in [2.05, 4.69) is 22.5 Å². The zero-order chi connectivity index (χ0) is 11.3. The van der Waals surface area contributed by atoms with Crippen molar-refractivity contribution in [1.29, 1.82) is 0 Å². The number of anilines is 1. The lowest BCUT2D eigenvalue weighted by molar-refractivity contribution is -0.117. The predicted molar refractivity (Wildman–Crippen MR) is 67.4 cm³/mol. The topological polar surface area (TPSA) is 20.3 Å². The van der Waals surface area contributed by atoms with Gasteiger partial charge in [0.1, 0.15) is 0 Å². The summed E-state index contributed by atoms with van der Waals surface area (Å²) >= 11 is 3.28. The normalized spacial score (nSPS) is 11.9. The Hall–Kier alpha value is -1.09. The Labute approximate surface area is 98.7 Å². The molecule has 0 aliphatic rings. The molecular formula is C12H14BrNO. The van der Waals surface area contributed by atoms with Crippen LogP contribution in [0.3, 0.4) is 0 Å². The van der Waals surface area contributed by atoms with Gasteiger partial charge in [0.2, 0.25) is 5.91 Å². The van der Waals surface area contributed by atoms with Gasteiger partial charge < -0.3 is 4.90 Å². The first-order valence-electron chi connectivity index (χ1n) is 4.78. The summed E-state index contributed by atoms with van der Waals surface area (Å²) in [5.41, 5.74) is 0.897. The van der Waals surface area contributed by atoms with Crippen LogP contribution in [-0.2, 0) is 4.79 Å². The number of halogens is 1. The van der Waals surface area contributed by atoms with Crippen molar-refractivity contribution in [2.45, 2.75) is 11.8 Å². The number of carbonyl (C=O) groups is 1. The third-order valence-electron chi connectivity index (χ3n) is 1.99. The summed E-state index contributed by atoms with van der Waals surface area (Å²) in [5.74, 6) is 0.0427. The summed E-state index contributed by atoms with van der Waals surface area (Å²) in [7, 11) is 0.